The lowest BCUT2D eigenvalue weighted by molar-refractivity contribution is 0.366. The Kier molecular flexibility index (Phi) is 4.70. The van der Waals surface area contributed by atoms with E-state index in [4.69, 9.17) is 12.2 Å². The minimum Gasteiger partial charge on any atom is -0.352 e. The molecule has 27 heavy (non-hydrogen) atoms. The molecule has 0 amide bonds. The van der Waals surface area contributed by atoms with Crippen molar-refractivity contribution in [1.82, 2.24) is 19.8 Å². The minimum absolute atomic E-state index is 0.0503. The van der Waals surface area contributed by atoms with E-state index in [1.54, 1.807) is 0 Å². The summed E-state index contributed by atoms with van der Waals surface area (Å²) >= 11 is 5.56. The average molecular weight is 377 g/mol. The van der Waals surface area contributed by atoms with Gasteiger partial charge in [0.15, 0.2) is 5.11 Å². The molecule has 0 aliphatic carbocycles. The molecule has 0 radical (unpaired) electrons. The fourth-order valence-corrected chi connectivity index (χ4v) is 4.22. The van der Waals surface area contributed by atoms with E-state index in [2.05, 4.69) is 83.1 Å². The second kappa shape index (κ2) is 7.16. The van der Waals surface area contributed by atoms with Crippen molar-refractivity contribution in [1.29, 1.82) is 0 Å². The van der Waals surface area contributed by atoms with Gasteiger partial charge in [0.1, 0.15) is 0 Å². The zero-order valence-corrected chi connectivity index (χ0v) is 16.7. The van der Waals surface area contributed by atoms with Crippen molar-refractivity contribution in [3.63, 3.8) is 0 Å². The molecular weight excluding hydrogens is 352 g/mol. The molecule has 4 nitrogen and oxygen atoms in total. The van der Waals surface area contributed by atoms with E-state index >= 15 is 0 Å². The number of pyridine rings is 1. The zero-order valence-electron chi connectivity index (χ0n) is 15.9. The quantitative estimate of drug-likeness (QED) is 0.694. The van der Waals surface area contributed by atoms with Crippen LogP contribution in [0.25, 0.3) is 0 Å². The maximum atomic E-state index is 5.56. The fraction of sp³-hybridized carbons (Fsp3) is 0.273. The molecule has 1 aromatic carbocycles. The second-order valence-corrected chi connectivity index (χ2v) is 7.52. The van der Waals surface area contributed by atoms with E-state index in [0.29, 0.717) is 0 Å². The third-order valence-electron chi connectivity index (χ3n) is 5.45. The van der Waals surface area contributed by atoms with Gasteiger partial charge in [0.05, 0.1) is 17.8 Å². The van der Waals surface area contributed by atoms with E-state index in [0.717, 1.165) is 17.4 Å². The Bertz CT molecular complexity index is 949. The van der Waals surface area contributed by atoms with Crippen LogP contribution < -0.4 is 5.32 Å². The van der Waals surface area contributed by atoms with Crippen LogP contribution in [-0.4, -0.2) is 26.6 Å². The Labute approximate surface area is 165 Å². The average Bonchev–Trinajstić information content (AvgIpc) is 3.13. The van der Waals surface area contributed by atoms with Crippen LogP contribution in [0, 0.1) is 13.8 Å². The molecule has 1 saturated heterocycles. The van der Waals surface area contributed by atoms with Gasteiger partial charge >= 0.3 is 0 Å². The molecular formula is C22H24N4S. The van der Waals surface area contributed by atoms with Crippen molar-refractivity contribution >= 4 is 17.3 Å². The van der Waals surface area contributed by atoms with Crippen LogP contribution in [0.15, 0.2) is 60.8 Å². The molecule has 4 rings (SSSR count). The summed E-state index contributed by atoms with van der Waals surface area (Å²) in [6, 6.07) is 19.1. The summed E-state index contributed by atoms with van der Waals surface area (Å²) in [5, 5.41) is 4.23. The van der Waals surface area contributed by atoms with Gasteiger partial charge in [-0.05, 0) is 55.4 Å². The highest BCUT2D eigenvalue weighted by Crippen LogP contribution is 2.39. The first-order chi connectivity index (χ1) is 13.1. The summed E-state index contributed by atoms with van der Waals surface area (Å²) < 4.78 is 2.38. The number of aryl methyl sites for hydroxylation is 1. The van der Waals surface area contributed by atoms with Crippen LogP contribution in [0.5, 0.6) is 0 Å². The number of hydrogen-bond acceptors (Lipinski definition) is 2. The first-order valence-corrected chi connectivity index (χ1v) is 9.62. The van der Waals surface area contributed by atoms with Crippen LogP contribution >= 0.6 is 12.2 Å². The Morgan fingerprint density at radius 3 is 2.52 bits per heavy atom. The maximum Gasteiger partial charge on any atom is 0.169 e. The molecule has 0 saturated carbocycles. The van der Waals surface area contributed by atoms with E-state index in [1.165, 1.54) is 22.5 Å². The second-order valence-electron chi connectivity index (χ2n) is 7.14. The number of nitrogens with one attached hydrogen (secondary N) is 1. The molecule has 1 fully saturated rings. The van der Waals surface area contributed by atoms with E-state index in [9.17, 15) is 0 Å². The monoisotopic (exact) mass is 376 g/mol. The molecule has 3 aromatic rings. The summed E-state index contributed by atoms with van der Waals surface area (Å²) in [6.45, 7) is 5.26. The summed E-state index contributed by atoms with van der Waals surface area (Å²) in [7, 11) is 2.06. The van der Waals surface area contributed by atoms with Crippen molar-refractivity contribution in [2.45, 2.75) is 32.5 Å². The van der Waals surface area contributed by atoms with Gasteiger partial charge < -0.3 is 14.8 Å². The standard InChI is InChI=1S/C22H24N4S/c1-15-13-18(16(2)26(15)14-17-9-5-4-6-10-17)21-20(24-22(27)25(21)3)19-11-7-8-12-23-19/h4-13,20-21H,14H2,1-3H3,(H,24,27). The lowest BCUT2D eigenvalue weighted by Crippen LogP contribution is -2.25. The van der Waals surface area contributed by atoms with Crippen LogP contribution in [-0.2, 0) is 6.54 Å². The number of rotatable bonds is 4. The number of aromatic nitrogens is 2. The van der Waals surface area contributed by atoms with Gasteiger partial charge in [-0.2, -0.15) is 0 Å². The van der Waals surface area contributed by atoms with Crippen molar-refractivity contribution in [3.05, 3.63) is 89.0 Å². The van der Waals surface area contributed by atoms with Gasteiger partial charge in [-0.15, -0.1) is 0 Å². The van der Waals surface area contributed by atoms with Gasteiger partial charge in [0, 0.05) is 31.2 Å². The van der Waals surface area contributed by atoms with Gasteiger partial charge in [-0.25, -0.2) is 0 Å². The number of nitrogens with zero attached hydrogens (tertiary/aromatic N) is 3. The van der Waals surface area contributed by atoms with Gasteiger partial charge in [0.2, 0.25) is 0 Å². The highest BCUT2D eigenvalue weighted by atomic mass is 32.1. The summed E-state index contributed by atoms with van der Waals surface area (Å²) in [6.07, 6.45) is 1.84. The van der Waals surface area contributed by atoms with Crippen molar-refractivity contribution in [3.8, 4) is 0 Å². The molecule has 2 unspecified atom stereocenters. The van der Waals surface area contributed by atoms with E-state index in [-0.39, 0.29) is 12.1 Å². The fourth-order valence-electron chi connectivity index (χ4n) is 3.98. The summed E-state index contributed by atoms with van der Waals surface area (Å²) in [4.78, 5) is 6.73. The third kappa shape index (κ3) is 3.23. The Hall–Kier alpha value is -2.66. The molecule has 2 aromatic heterocycles. The molecule has 3 heterocycles. The van der Waals surface area contributed by atoms with Crippen molar-refractivity contribution in [2.75, 3.05) is 7.05 Å². The number of hydrogen-bond donors (Lipinski definition) is 1. The SMILES string of the molecule is Cc1cc(C2C(c3ccccn3)NC(=S)N2C)c(C)n1Cc1ccccc1. The highest BCUT2D eigenvalue weighted by molar-refractivity contribution is 7.80. The normalized spacial score (nSPS) is 19.4. The number of thiocarbonyl (C=S) groups is 1. The van der Waals surface area contributed by atoms with Crippen LogP contribution in [0.3, 0.4) is 0 Å². The van der Waals surface area contributed by atoms with Crippen molar-refractivity contribution < 1.29 is 0 Å². The van der Waals surface area contributed by atoms with Crippen LogP contribution in [0.1, 0.15) is 40.3 Å². The molecule has 138 valence electrons. The number of likely N-dealkylation sites (N-methyl/N-ethyl adjacent to an activating group) is 1. The lowest BCUT2D eigenvalue weighted by atomic mass is 9.97. The highest BCUT2D eigenvalue weighted by Gasteiger charge is 2.39. The molecule has 1 aliphatic heterocycles. The molecule has 1 aliphatic rings. The zero-order chi connectivity index (χ0) is 19.0. The topological polar surface area (TPSA) is 33.1 Å². The van der Waals surface area contributed by atoms with Gasteiger partial charge in [-0.3, -0.25) is 4.98 Å². The first-order valence-electron chi connectivity index (χ1n) is 9.21. The maximum absolute atomic E-state index is 5.56. The van der Waals surface area contributed by atoms with Gasteiger partial charge in [-0.1, -0.05) is 36.4 Å². The largest absolute Gasteiger partial charge is 0.352 e. The smallest absolute Gasteiger partial charge is 0.169 e. The van der Waals surface area contributed by atoms with E-state index in [1.807, 2.05) is 18.3 Å². The Morgan fingerprint density at radius 1 is 1.07 bits per heavy atom. The van der Waals surface area contributed by atoms with Crippen LogP contribution in [0.4, 0.5) is 0 Å². The Morgan fingerprint density at radius 2 is 1.81 bits per heavy atom. The summed E-state index contributed by atoms with van der Waals surface area (Å²) in [5.74, 6) is 0. The predicted molar refractivity (Wildman–Crippen MR) is 113 cm³/mol. The van der Waals surface area contributed by atoms with Gasteiger partial charge in [0.25, 0.3) is 0 Å². The Balaban J connectivity index is 1.73. The predicted octanol–water partition coefficient (Wildman–Crippen LogP) is 4.15. The van der Waals surface area contributed by atoms with Crippen LogP contribution in [0.2, 0.25) is 0 Å². The number of benzene rings is 1. The first kappa shape index (κ1) is 17.7. The van der Waals surface area contributed by atoms with Crippen molar-refractivity contribution in [2.24, 2.45) is 0 Å². The molecule has 0 bridgehead atoms. The molecule has 2 atom stereocenters. The minimum atomic E-state index is 0.0503. The lowest BCUT2D eigenvalue weighted by Gasteiger charge is -2.24. The van der Waals surface area contributed by atoms with E-state index < -0.39 is 0 Å². The summed E-state index contributed by atoms with van der Waals surface area (Å²) in [5.41, 5.74) is 6.16. The molecule has 1 N–H and O–H groups in total. The molecule has 5 heteroatoms. The molecule has 0 spiro atoms. The third-order valence-corrected chi connectivity index (χ3v) is 5.86.